The van der Waals surface area contributed by atoms with Crippen LogP contribution in [-0.2, 0) is 5.54 Å². The molecular weight excluding hydrogens is 275 g/mol. The third-order valence-corrected chi connectivity index (χ3v) is 3.76. The number of nitro groups is 1. The largest absolute Gasteiger partial charge is 0.340 e. The van der Waals surface area contributed by atoms with Crippen LogP contribution >= 0.6 is 0 Å². The van der Waals surface area contributed by atoms with Gasteiger partial charge in [0.15, 0.2) is 0 Å². The Bertz CT molecular complexity index is 665. The quantitative estimate of drug-likeness (QED) is 0.653. The van der Waals surface area contributed by atoms with Crippen LogP contribution in [0.5, 0.6) is 0 Å². The maximum Gasteiger partial charge on any atom is 0.305 e. The molecule has 0 aliphatic heterocycles. The topological polar surface area (TPSA) is 97.8 Å². The number of nitrogens with two attached hydrogens (primary N) is 1. The Hall–Kier alpha value is -2.28. The second-order valence-electron chi connectivity index (χ2n) is 4.93. The summed E-state index contributed by atoms with van der Waals surface area (Å²) >= 11 is 0. The van der Waals surface area contributed by atoms with E-state index in [0.717, 1.165) is 6.07 Å². The van der Waals surface area contributed by atoms with Gasteiger partial charge in [0.2, 0.25) is 5.82 Å². The van der Waals surface area contributed by atoms with Gasteiger partial charge in [0.05, 0.1) is 22.4 Å². The number of nitrogens with zero attached hydrogens (tertiary/aromatic N) is 2. The van der Waals surface area contributed by atoms with Crippen LogP contribution in [0.2, 0.25) is 0 Å². The van der Waals surface area contributed by atoms with Crippen molar-refractivity contribution < 1.29 is 9.31 Å². The van der Waals surface area contributed by atoms with E-state index in [0.29, 0.717) is 29.9 Å². The van der Waals surface area contributed by atoms with E-state index in [1.165, 1.54) is 12.1 Å². The Morgan fingerprint density at radius 2 is 2.10 bits per heavy atom. The molecule has 112 valence electrons. The van der Waals surface area contributed by atoms with Crippen LogP contribution < -0.4 is 5.73 Å². The smallest absolute Gasteiger partial charge is 0.305 e. The third-order valence-electron chi connectivity index (χ3n) is 3.76. The molecule has 21 heavy (non-hydrogen) atoms. The van der Waals surface area contributed by atoms with Gasteiger partial charge in [-0.3, -0.25) is 10.1 Å². The SMILES string of the molecule is CCC(N)(CC)c1ncc(-c2ccc(F)c([N+](=O)[O-])c2)[nH]1. The van der Waals surface area contributed by atoms with Crippen LogP contribution in [0, 0.1) is 15.9 Å². The van der Waals surface area contributed by atoms with E-state index in [2.05, 4.69) is 9.97 Å². The number of aromatic nitrogens is 2. The molecule has 0 amide bonds. The molecule has 0 bridgehead atoms. The molecular formula is C14H17FN4O2. The summed E-state index contributed by atoms with van der Waals surface area (Å²) in [4.78, 5) is 17.4. The zero-order valence-electron chi connectivity index (χ0n) is 11.9. The Morgan fingerprint density at radius 3 is 2.67 bits per heavy atom. The fourth-order valence-corrected chi connectivity index (χ4v) is 2.13. The lowest BCUT2D eigenvalue weighted by Crippen LogP contribution is -2.36. The second kappa shape index (κ2) is 5.61. The summed E-state index contributed by atoms with van der Waals surface area (Å²) in [5.41, 5.74) is 6.19. The first-order valence-corrected chi connectivity index (χ1v) is 6.70. The molecule has 0 aliphatic carbocycles. The molecule has 6 nitrogen and oxygen atoms in total. The van der Waals surface area contributed by atoms with Crippen LogP contribution in [0.1, 0.15) is 32.5 Å². The summed E-state index contributed by atoms with van der Waals surface area (Å²) in [6, 6.07) is 3.72. The standard InChI is InChI=1S/C14H17FN4O2/c1-3-14(16,4-2)13-17-8-11(18-13)9-5-6-10(15)12(7-9)19(20)21/h5-8H,3-4,16H2,1-2H3,(H,17,18). The summed E-state index contributed by atoms with van der Waals surface area (Å²) in [5.74, 6) is -0.242. The molecule has 7 heteroatoms. The van der Waals surface area contributed by atoms with Crippen LogP contribution in [0.3, 0.4) is 0 Å². The lowest BCUT2D eigenvalue weighted by molar-refractivity contribution is -0.387. The number of aromatic amines is 1. The van der Waals surface area contributed by atoms with Gasteiger partial charge in [-0.05, 0) is 25.0 Å². The van der Waals surface area contributed by atoms with Crippen LogP contribution in [0.4, 0.5) is 10.1 Å². The first-order chi connectivity index (χ1) is 9.91. The molecule has 0 saturated carbocycles. The number of halogens is 1. The molecule has 0 saturated heterocycles. The van der Waals surface area contributed by atoms with Crippen molar-refractivity contribution in [2.75, 3.05) is 0 Å². The number of hydrogen-bond donors (Lipinski definition) is 2. The van der Waals surface area contributed by atoms with Crippen molar-refractivity contribution in [3.63, 3.8) is 0 Å². The predicted molar refractivity (Wildman–Crippen MR) is 77.1 cm³/mol. The molecule has 0 atom stereocenters. The number of hydrogen-bond acceptors (Lipinski definition) is 4. The first kappa shape index (κ1) is 15.1. The average molecular weight is 292 g/mol. The molecule has 0 spiro atoms. The van der Waals surface area contributed by atoms with Crippen molar-refractivity contribution in [3.8, 4) is 11.3 Å². The highest BCUT2D eigenvalue weighted by molar-refractivity contribution is 5.62. The van der Waals surface area contributed by atoms with Crippen molar-refractivity contribution in [2.45, 2.75) is 32.2 Å². The number of rotatable bonds is 5. The fraction of sp³-hybridized carbons (Fsp3) is 0.357. The van der Waals surface area contributed by atoms with E-state index >= 15 is 0 Å². The Balaban J connectivity index is 2.43. The average Bonchev–Trinajstić information content (AvgIpc) is 2.97. The number of nitrogens with one attached hydrogen (secondary N) is 1. The van der Waals surface area contributed by atoms with E-state index in [9.17, 15) is 14.5 Å². The molecule has 0 unspecified atom stereocenters. The zero-order valence-corrected chi connectivity index (χ0v) is 11.9. The molecule has 2 aromatic rings. The number of benzene rings is 1. The second-order valence-corrected chi connectivity index (χ2v) is 4.93. The highest BCUT2D eigenvalue weighted by Gasteiger charge is 2.26. The Kier molecular flexibility index (Phi) is 4.04. The normalized spacial score (nSPS) is 11.6. The first-order valence-electron chi connectivity index (χ1n) is 6.70. The summed E-state index contributed by atoms with van der Waals surface area (Å²) in [6.45, 7) is 3.93. The Labute approximate surface area is 121 Å². The number of H-pyrrole nitrogens is 1. The summed E-state index contributed by atoms with van der Waals surface area (Å²) in [6.07, 6.45) is 2.97. The van der Waals surface area contributed by atoms with Crippen LogP contribution in [-0.4, -0.2) is 14.9 Å². The highest BCUT2D eigenvalue weighted by atomic mass is 19.1. The third kappa shape index (κ3) is 2.78. The lowest BCUT2D eigenvalue weighted by Gasteiger charge is -2.23. The van der Waals surface area contributed by atoms with Gasteiger partial charge >= 0.3 is 5.69 Å². The molecule has 0 fully saturated rings. The van der Waals surface area contributed by atoms with E-state index in [4.69, 9.17) is 5.73 Å². The van der Waals surface area contributed by atoms with E-state index in [-0.39, 0.29) is 0 Å². The highest BCUT2D eigenvalue weighted by Crippen LogP contribution is 2.28. The van der Waals surface area contributed by atoms with Gasteiger partial charge < -0.3 is 10.7 Å². The summed E-state index contributed by atoms with van der Waals surface area (Å²) in [5, 5.41) is 10.8. The molecule has 1 aromatic heterocycles. The van der Waals surface area contributed by atoms with Gasteiger partial charge in [-0.1, -0.05) is 13.8 Å². The van der Waals surface area contributed by atoms with Crippen LogP contribution in [0.25, 0.3) is 11.3 Å². The molecule has 0 radical (unpaired) electrons. The molecule has 1 aromatic carbocycles. The van der Waals surface area contributed by atoms with Gasteiger partial charge in [-0.25, -0.2) is 4.98 Å². The molecule has 2 rings (SSSR count). The minimum absolute atomic E-state index is 0.497. The predicted octanol–water partition coefficient (Wildman–Crippen LogP) is 3.10. The van der Waals surface area contributed by atoms with E-state index in [1.54, 1.807) is 6.20 Å². The van der Waals surface area contributed by atoms with Crippen LogP contribution in [0.15, 0.2) is 24.4 Å². The molecule has 3 N–H and O–H groups in total. The summed E-state index contributed by atoms with van der Waals surface area (Å²) in [7, 11) is 0. The minimum atomic E-state index is -0.862. The van der Waals surface area contributed by atoms with Gasteiger partial charge in [-0.2, -0.15) is 4.39 Å². The molecule has 0 aliphatic rings. The van der Waals surface area contributed by atoms with Gasteiger partial charge in [0.25, 0.3) is 0 Å². The number of imidazole rings is 1. The fourth-order valence-electron chi connectivity index (χ4n) is 2.13. The van der Waals surface area contributed by atoms with Crippen molar-refractivity contribution in [1.82, 2.24) is 9.97 Å². The van der Waals surface area contributed by atoms with Gasteiger partial charge in [0, 0.05) is 11.6 Å². The van der Waals surface area contributed by atoms with Crippen molar-refractivity contribution in [2.24, 2.45) is 5.73 Å². The van der Waals surface area contributed by atoms with Crippen molar-refractivity contribution in [3.05, 3.63) is 46.2 Å². The monoisotopic (exact) mass is 292 g/mol. The lowest BCUT2D eigenvalue weighted by atomic mass is 9.93. The van der Waals surface area contributed by atoms with Crippen molar-refractivity contribution >= 4 is 5.69 Å². The number of nitro benzene ring substituents is 1. The Morgan fingerprint density at radius 1 is 1.43 bits per heavy atom. The summed E-state index contributed by atoms with van der Waals surface area (Å²) < 4.78 is 13.4. The van der Waals surface area contributed by atoms with Gasteiger partial charge in [0.1, 0.15) is 5.82 Å². The minimum Gasteiger partial charge on any atom is -0.340 e. The van der Waals surface area contributed by atoms with Gasteiger partial charge in [-0.15, -0.1) is 0 Å². The van der Waals surface area contributed by atoms with Crippen molar-refractivity contribution in [1.29, 1.82) is 0 Å². The zero-order chi connectivity index (χ0) is 15.6. The van der Waals surface area contributed by atoms with E-state index < -0.39 is 22.0 Å². The molecule has 1 heterocycles. The van der Waals surface area contributed by atoms with E-state index in [1.807, 2.05) is 13.8 Å². The maximum absolute atomic E-state index is 13.4. The maximum atomic E-state index is 13.4.